The summed E-state index contributed by atoms with van der Waals surface area (Å²) in [4.78, 5) is 37.5. The summed E-state index contributed by atoms with van der Waals surface area (Å²) in [7, 11) is -3.70. The predicted octanol–water partition coefficient (Wildman–Crippen LogP) is 3.78. The van der Waals surface area contributed by atoms with E-state index in [4.69, 9.17) is 18.4 Å². The van der Waals surface area contributed by atoms with Gasteiger partial charge in [0.05, 0.1) is 42.8 Å². The zero-order valence-electron chi connectivity index (χ0n) is 21.9. The first kappa shape index (κ1) is 30.4. The molecule has 0 aromatic heterocycles. The van der Waals surface area contributed by atoms with Crippen LogP contribution in [-0.4, -0.2) is 57.5 Å². The van der Waals surface area contributed by atoms with Crippen LogP contribution in [-0.2, 0) is 42.9 Å². The lowest BCUT2D eigenvalue weighted by Crippen LogP contribution is -2.45. The van der Waals surface area contributed by atoms with Crippen LogP contribution >= 0.6 is 0 Å². The standard InChI is InChI=1S/C24H42O9S/c1-9-23(7,20(27)33-24(8)11-13-30-18(25)15-24)16-22(5,6)19(26)31-12-10-14-34(28,29)32-17-21(2,3)4/h9-17H2,1-8H3. The van der Waals surface area contributed by atoms with E-state index in [2.05, 4.69) is 0 Å². The van der Waals surface area contributed by atoms with Crippen LogP contribution in [0.1, 0.15) is 87.5 Å². The number of ether oxygens (including phenoxy) is 3. The first-order valence-electron chi connectivity index (χ1n) is 11.8. The second-order valence-electron chi connectivity index (χ2n) is 11.5. The second kappa shape index (κ2) is 11.4. The van der Waals surface area contributed by atoms with E-state index in [1.165, 1.54) is 0 Å². The van der Waals surface area contributed by atoms with Crippen molar-refractivity contribution in [3.05, 3.63) is 0 Å². The SMILES string of the molecule is CCC(C)(CC(C)(C)C(=O)OCCCS(=O)(=O)OCC(C)(C)C)C(=O)OC1(C)CCOC(=O)C1. The van der Waals surface area contributed by atoms with E-state index < -0.39 is 44.5 Å². The van der Waals surface area contributed by atoms with Gasteiger partial charge >= 0.3 is 17.9 Å². The monoisotopic (exact) mass is 506 g/mol. The van der Waals surface area contributed by atoms with Gasteiger partial charge in [-0.15, -0.1) is 0 Å². The molecule has 1 aliphatic rings. The molecule has 0 bridgehead atoms. The molecule has 198 valence electrons. The second-order valence-corrected chi connectivity index (χ2v) is 13.3. The number of hydrogen-bond acceptors (Lipinski definition) is 9. The van der Waals surface area contributed by atoms with E-state index >= 15 is 0 Å². The highest BCUT2D eigenvalue weighted by molar-refractivity contribution is 7.86. The van der Waals surface area contributed by atoms with Crippen LogP contribution in [0, 0.1) is 16.2 Å². The fraction of sp³-hybridized carbons (Fsp3) is 0.875. The third kappa shape index (κ3) is 9.90. The van der Waals surface area contributed by atoms with Crippen molar-refractivity contribution in [2.45, 2.75) is 93.1 Å². The average molecular weight is 507 g/mol. The first-order chi connectivity index (χ1) is 15.3. The molecule has 34 heavy (non-hydrogen) atoms. The summed E-state index contributed by atoms with van der Waals surface area (Å²) in [6, 6.07) is 0. The summed E-state index contributed by atoms with van der Waals surface area (Å²) >= 11 is 0. The molecule has 1 rings (SSSR count). The molecule has 10 heteroatoms. The lowest BCUT2D eigenvalue weighted by atomic mass is 9.72. The van der Waals surface area contributed by atoms with Gasteiger partial charge in [-0.1, -0.05) is 27.7 Å². The molecule has 9 nitrogen and oxygen atoms in total. The molecule has 0 amide bonds. The maximum Gasteiger partial charge on any atom is 0.312 e. The van der Waals surface area contributed by atoms with Gasteiger partial charge in [0.15, 0.2) is 0 Å². The van der Waals surface area contributed by atoms with Crippen molar-refractivity contribution >= 4 is 28.0 Å². The Labute approximate surface area is 204 Å². The Kier molecular flexibility index (Phi) is 10.2. The highest BCUT2D eigenvalue weighted by Gasteiger charge is 2.46. The highest BCUT2D eigenvalue weighted by Crippen LogP contribution is 2.40. The summed E-state index contributed by atoms with van der Waals surface area (Å²) in [5.74, 6) is -1.67. The van der Waals surface area contributed by atoms with Crippen LogP contribution in [0.5, 0.6) is 0 Å². The van der Waals surface area contributed by atoms with Crippen molar-refractivity contribution in [1.82, 2.24) is 0 Å². The predicted molar refractivity (Wildman–Crippen MR) is 126 cm³/mol. The molecular formula is C24H42O9S. The molecule has 1 aliphatic heterocycles. The summed E-state index contributed by atoms with van der Waals surface area (Å²) in [6.45, 7) is 14.4. The fourth-order valence-electron chi connectivity index (χ4n) is 3.57. The molecule has 0 aliphatic carbocycles. The Hall–Kier alpha value is -1.68. The summed E-state index contributed by atoms with van der Waals surface area (Å²) in [5.41, 5.74) is -3.21. The Bertz CT molecular complexity index is 841. The van der Waals surface area contributed by atoms with Gasteiger partial charge < -0.3 is 14.2 Å². The van der Waals surface area contributed by atoms with Gasteiger partial charge in [-0.3, -0.25) is 18.6 Å². The number of cyclic esters (lactones) is 1. The third-order valence-corrected chi connectivity index (χ3v) is 7.12. The number of carbonyl (C=O) groups is 3. The quantitative estimate of drug-likeness (QED) is 0.168. The zero-order valence-corrected chi connectivity index (χ0v) is 22.8. The maximum atomic E-state index is 13.1. The number of hydrogen-bond donors (Lipinski definition) is 0. The smallest absolute Gasteiger partial charge is 0.312 e. The molecule has 1 fully saturated rings. The Balaban J connectivity index is 2.65. The van der Waals surface area contributed by atoms with Gasteiger partial charge in [0.1, 0.15) is 5.60 Å². The van der Waals surface area contributed by atoms with Crippen LogP contribution in [0.3, 0.4) is 0 Å². The van der Waals surface area contributed by atoms with Crippen LogP contribution in [0.2, 0.25) is 0 Å². The van der Waals surface area contributed by atoms with Crippen molar-refractivity contribution < 1.29 is 41.2 Å². The van der Waals surface area contributed by atoms with E-state index in [0.29, 0.717) is 12.8 Å². The number of esters is 3. The van der Waals surface area contributed by atoms with Gasteiger partial charge in [-0.2, -0.15) is 8.42 Å². The largest absolute Gasteiger partial charge is 0.465 e. The Morgan fingerprint density at radius 3 is 2.24 bits per heavy atom. The van der Waals surface area contributed by atoms with Crippen molar-refractivity contribution in [3.8, 4) is 0 Å². The molecule has 0 spiro atoms. The van der Waals surface area contributed by atoms with Crippen LogP contribution in [0.15, 0.2) is 0 Å². The van der Waals surface area contributed by atoms with Crippen molar-refractivity contribution in [2.75, 3.05) is 25.6 Å². The topological polar surface area (TPSA) is 122 Å². The van der Waals surface area contributed by atoms with Crippen molar-refractivity contribution in [1.29, 1.82) is 0 Å². The minimum absolute atomic E-state index is 0.00760. The average Bonchev–Trinajstić information content (AvgIpc) is 2.68. The number of carbonyl (C=O) groups excluding carboxylic acids is 3. The highest BCUT2D eigenvalue weighted by atomic mass is 32.2. The minimum Gasteiger partial charge on any atom is -0.465 e. The molecule has 0 radical (unpaired) electrons. The molecule has 1 heterocycles. The molecular weight excluding hydrogens is 464 g/mol. The van der Waals surface area contributed by atoms with Gasteiger partial charge in [0.2, 0.25) is 0 Å². The summed E-state index contributed by atoms with van der Waals surface area (Å²) in [5, 5.41) is 0. The third-order valence-electron chi connectivity index (χ3n) is 5.85. The normalized spacial score (nSPS) is 21.4. The van der Waals surface area contributed by atoms with Gasteiger partial charge in [-0.05, 0) is 52.4 Å². The molecule has 0 saturated carbocycles. The maximum absolute atomic E-state index is 13.1. The minimum atomic E-state index is -3.70. The Morgan fingerprint density at radius 1 is 1.09 bits per heavy atom. The lowest BCUT2D eigenvalue weighted by Gasteiger charge is -2.38. The summed E-state index contributed by atoms with van der Waals surface area (Å²) < 4.78 is 45.0. The molecule has 0 aromatic rings. The van der Waals surface area contributed by atoms with Crippen molar-refractivity contribution in [2.24, 2.45) is 16.2 Å². The van der Waals surface area contributed by atoms with E-state index in [-0.39, 0.29) is 50.3 Å². The zero-order chi connectivity index (χ0) is 26.4. The van der Waals surface area contributed by atoms with Crippen LogP contribution < -0.4 is 0 Å². The fourth-order valence-corrected chi connectivity index (χ4v) is 4.69. The first-order valence-corrected chi connectivity index (χ1v) is 13.3. The van der Waals surface area contributed by atoms with E-state index in [9.17, 15) is 22.8 Å². The van der Waals surface area contributed by atoms with Gasteiger partial charge in [-0.25, -0.2) is 0 Å². The van der Waals surface area contributed by atoms with Gasteiger partial charge in [0.25, 0.3) is 10.1 Å². The molecule has 0 N–H and O–H groups in total. The Morgan fingerprint density at radius 2 is 1.71 bits per heavy atom. The molecule has 2 unspecified atom stereocenters. The van der Waals surface area contributed by atoms with Crippen molar-refractivity contribution in [3.63, 3.8) is 0 Å². The van der Waals surface area contributed by atoms with Crippen LogP contribution in [0.25, 0.3) is 0 Å². The molecule has 1 saturated heterocycles. The van der Waals surface area contributed by atoms with Gasteiger partial charge in [0, 0.05) is 6.42 Å². The number of rotatable bonds is 12. The van der Waals surface area contributed by atoms with E-state index in [1.807, 2.05) is 27.7 Å². The lowest BCUT2D eigenvalue weighted by molar-refractivity contribution is -0.185. The van der Waals surface area contributed by atoms with Crippen LogP contribution in [0.4, 0.5) is 0 Å². The van der Waals surface area contributed by atoms with E-state index in [0.717, 1.165) is 0 Å². The molecule has 2 atom stereocenters. The summed E-state index contributed by atoms with van der Waals surface area (Å²) in [6.07, 6.45) is 1.11. The van der Waals surface area contributed by atoms with E-state index in [1.54, 1.807) is 27.7 Å². The molecule has 0 aromatic carbocycles.